The molecule has 5 rings (SSSR count). The molecule has 5 nitrogen and oxygen atoms in total. The number of nitrogens with zero attached hydrogens (tertiary/aromatic N) is 1. The molecule has 0 saturated heterocycles. The fourth-order valence-electron chi connectivity index (χ4n) is 4.43. The van der Waals surface area contributed by atoms with Gasteiger partial charge in [-0.1, -0.05) is 53.5 Å². The highest BCUT2D eigenvalue weighted by Gasteiger charge is 2.51. The smallest absolute Gasteiger partial charge is 0.307 e. The lowest BCUT2D eigenvalue weighted by Crippen LogP contribution is -2.36. The van der Waals surface area contributed by atoms with Crippen molar-refractivity contribution in [3.8, 4) is 11.8 Å². The zero-order valence-electron chi connectivity index (χ0n) is 15.9. The van der Waals surface area contributed by atoms with E-state index >= 15 is 0 Å². The first-order chi connectivity index (χ1) is 14.6. The molecule has 0 aliphatic heterocycles. The number of benzene rings is 2. The molecule has 2 N–H and O–H groups in total. The minimum atomic E-state index is -0.905. The highest BCUT2D eigenvalue weighted by atomic mass is 32.1. The Labute approximate surface area is 177 Å². The number of carboxylic acids is 1. The van der Waals surface area contributed by atoms with E-state index in [1.54, 1.807) is 0 Å². The first kappa shape index (κ1) is 18.6. The maximum atomic E-state index is 12.9. The Morgan fingerprint density at radius 1 is 1.00 bits per heavy atom. The molecule has 2 aromatic carbocycles. The fourth-order valence-corrected chi connectivity index (χ4v) is 5.33. The molecule has 3 aromatic rings. The Kier molecular flexibility index (Phi) is 4.61. The van der Waals surface area contributed by atoms with Crippen molar-refractivity contribution >= 4 is 38.6 Å². The van der Waals surface area contributed by atoms with Crippen LogP contribution in [0.15, 0.2) is 60.7 Å². The Morgan fingerprint density at radius 2 is 1.73 bits per heavy atom. The highest BCUT2D eigenvalue weighted by Crippen LogP contribution is 2.48. The van der Waals surface area contributed by atoms with Gasteiger partial charge >= 0.3 is 5.97 Å². The maximum absolute atomic E-state index is 12.9. The van der Waals surface area contributed by atoms with E-state index in [0.29, 0.717) is 5.13 Å². The standard InChI is InChI=1S/C24H18N2O3S/c27-22(20-16-9-10-17(13-16)21(20)23(28)29)26-24-25-18-11-8-15(12-19(18)30-24)7-6-14-4-2-1-3-5-14/h1-5,8-12,16-17,20-21H,13H2,(H,28,29)(H,25,26,27). The molecule has 1 amide bonds. The number of anilines is 1. The van der Waals surface area contributed by atoms with Gasteiger partial charge in [0.15, 0.2) is 5.13 Å². The Balaban J connectivity index is 1.36. The minimum Gasteiger partial charge on any atom is -0.481 e. The number of hydrogen-bond donors (Lipinski definition) is 2. The molecule has 2 aliphatic rings. The number of hydrogen-bond acceptors (Lipinski definition) is 4. The predicted octanol–water partition coefficient (Wildman–Crippen LogP) is 4.16. The molecular weight excluding hydrogens is 396 g/mol. The van der Waals surface area contributed by atoms with E-state index < -0.39 is 17.8 Å². The largest absolute Gasteiger partial charge is 0.481 e. The third-order valence-corrected chi connectivity index (χ3v) is 6.72. The summed E-state index contributed by atoms with van der Waals surface area (Å²) in [4.78, 5) is 29.0. The van der Waals surface area contributed by atoms with Gasteiger partial charge in [-0.3, -0.25) is 9.59 Å². The van der Waals surface area contributed by atoms with E-state index in [1.807, 2.05) is 60.7 Å². The SMILES string of the molecule is O=C(O)C1C2C=CC(C2)C1C(=O)Nc1nc2ccc(C#Cc3ccccc3)cc2s1. The monoisotopic (exact) mass is 414 g/mol. The number of aromatic nitrogens is 1. The third kappa shape index (κ3) is 3.38. The summed E-state index contributed by atoms with van der Waals surface area (Å²) in [7, 11) is 0. The molecular formula is C24H18N2O3S. The van der Waals surface area contributed by atoms with Gasteiger partial charge in [0.25, 0.3) is 0 Å². The van der Waals surface area contributed by atoms with Crippen molar-refractivity contribution in [1.29, 1.82) is 0 Å². The van der Waals surface area contributed by atoms with Crippen LogP contribution < -0.4 is 5.32 Å². The van der Waals surface area contributed by atoms with E-state index in [9.17, 15) is 14.7 Å². The van der Waals surface area contributed by atoms with Gasteiger partial charge in [-0.25, -0.2) is 4.98 Å². The van der Waals surface area contributed by atoms with Gasteiger partial charge in [-0.2, -0.15) is 0 Å². The fraction of sp³-hybridized carbons (Fsp3) is 0.208. The zero-order chi connectivity index (χ0) is 20.7. The lowest BCUT2D eigenvalue weighted by molar-refractivity contribution is -0.146. The number of amides is 1. The van der Waals surface area contributed by atoms with Gasteiger partial charge in [0.1, 0.15) is 0 Å². The molecule has 4 unspecified atom stereocenters. The number of carbonyl (C=O) groups excluding carboxylic acids is 1. The molecule has 6 heteroatoms. The summed E-state index contributed by atoms with van der Waals surface area (Å²) < 4.78 is 0.924. The van der Waals surface area contributed by atoms with Crippen LogP contribution in [0, 0.1) is 35.5 Å². The first-order valence-electron chi connectivity index (χ1n) is 9.78. The molecule has 0 radical (unpaired) electrons. The summed E-state index contributed by atoms with van der Waals surface area (Å²) in [6.07, 6.45) is 4.64. The van der Waals surface area contributed by atoms with Crippen LogP contribution >= 0.6 is 11.3 Å². The second-order valence-corrected chi connectivity index (χ2v) is 8.68. The van der Waals surface area contributed by atoms with Crippen LogP contribution in [0.5, 0.6) is 0 Å². The number of carbonyl (C=O) groups is 2. The van der Waals surface area contributed by atoms with E-state index in [2.05, 4.69) is 22.1 Å². The van der Waals surface area contributed by atoms with Crippen LogP contribution in [-0.4, -0.2) is 22.0 Å². The van der Waals surface area contributed by atoms with Gasteiger partial charge in [-0.15, -0.1) is 0 Å². The van der Waals surface area contributed by atoms with Crippen LogP contribution in [0.25, 0.3) is 10.2 Å². The van der Waals surface area contributed by atoms with Crippen molar-refractivity contribution in [3.63, 3.8) is 0 Å². The van der Waals surface area contributed by atoms with E-state index in [-0.39, 0.29) is 17.7 Å². The molecule has 1 fully saturated rings. The van der Waals surface area contributed by atoms with Crippen molar-refractivity contribution in [3.05, 3.63) is 71.8 Å². The van der Waals surface area contributed by atoms with Gasteiger partial charge in [0.2, 0.25) is 5.91 Å². The second kappa shape index (κ2) is 7.43. The van der Waals surface area contributed by atoms with Gasteiger partial charge in [-0.05, 0) is 48.6 Å². The van der Waals surface area contributed by atoms with E-state index in [0.717, 1.165) is 27.8 Å². The van der Waals surface area contributed by atoms with Crippen molar-refractivity contribution in [2.75, 3.05) is 5.32 Å². The normalized spacial score (nSPS) is 23.9. The molecule has 1 heterocycles. The molecule has 4 atom stereocenters. The molecule has 1 saturated carbocycles. The molecule has 0 spiro atoms. The van der Waals surface area contributed by atoms with Crippen LogP contribution in [0.4, 0.5) is 5.13 Å². The molecule has 30 heavy (non-hydrogen) atoms. The number of thiazole rings is 1. The molecule has 2 bridgehead atoms. The topological polar surface area (TPSA) is 79.3 Å². The van der Waals surface area contributed by atoms with Crippen LogP contribution in [0.3, 0.4) is 0 Å². The Bertz CT molecular complexity index is 1240. The van der Waals surface area contributed by atoms with Crippen LogP contribution in [-0.2, 0) is 9.59 Å². The van der Waals surface area contributed by atoms with Crippen LogP contribution in [0.2, 0.25) is 0 Å². The van der Waals surface area contributed by atoms with Gasteiger partial charge in [0, 0.05) is 11.1 Å². The van der Waals surface area contributed by atoms with Crippen molar-refractivity contribution in [2.45, 2.75) is 6.42 Å². The lowest BCUT2D eigenvalue weighted by Gasteiger charge is -2.23. The third-order valence-electron chi connectivity index (χ3n) is 5.79. The molecule has 148 valence electrons. The van der Waals surface area contributed by atoms with Crippen molar-refractivity contribution in [2.24, 2.45) is 23.7 Å². The number of allylic oxidation sites excluding steroid dienone is 2. The number of nitrogens with one attached hydrogen (secondary N) is 1. The van der Waals surface area contributed by atoms with E-state index in [1.165, 1.54) is 11.3 Å². The number of aliphatic carboxylic acids is 1. The van der Waals surface area contributed by atoms with Crippen molar-refractivity contribution in [1.82, 2.24) is 4.98 Å². The number of carboxylic acid groups (broad SMARTS) is 1. The zero-order valence-corrected chi connectivity index (χ0v) is 16.7. The Morgan fingerprint density at radius 3 is 2.50 bits per heavy atom. The Hall–Kier alpha value is -3.43. The summed E-state index contributed by atoms with van der Waals surface area (Å²) in [6, 6.07) is 15.5. The summed E-state index contributed by atoms with van der Waals surface area (Å²) in [6.45, 7) is 0. The first-order valence-corrected chi connectivity index (χ1v) is 10.6. The number of fused-ring (bicyclic) bond motifs is 3. The number of rotatable bonds is 3. The molecule has 2 aliphatic carbocycles. The van der Waals surface area contributed by atoms with Crippen molar-refractivity contribution < 1.29 is 14.7 Å². The van der Waals surface area contributed by atoms with E-state index in [4.69, 9.17) is 0 Å². The summed E-state index contributed by atoms with van der Waals surface area (Å²) >= 11 is 1.37. The lowest BCUT2D eigenvalue weighted by atomic mass is 9.82. The second-order valence-electron chi connectivity index (χ2n) is 7.64. The minimum absolute atomic E-state index is 0.00894. The average Bonchev–Trinajstić information content (AvgIpc) is 3.46. The quantitative estimate of drug-likeness (QED) is 0.498. The molecule has 1 aromatic heterocycles. The average molecular weight is 414 g/mol. The summed E-state index contributed by atoms with van der Waals surface area (Å²) in [5, 5.41) is 12.9. The van der Waals surface area contributed by atoms with Gasteiger partial charge < -0.3 is 10.4 Å². The summed E-state index contributed by atoms with van der Waals surface area (Å²) in [5.74, 6) is 3.86. The van der Waals surface area contributed by atoms with Gasteiger partial charge in [0.05, 0.1) is 22.1 Å². The highest BCUT2D eigenvalue weighted by molar-refractivity contribution is 7.22. The maximum Gasteiger partial charge on any atom is 0.307 e. The predicted molar refractivity (Wildman–Crippen MR) is 116 cm³/mol. The summed E-state index contributed by atoms with van der Waals surface area (Å²) in [5.41, 5.74) is 2.60. The van der Waals surface area contributed by atoms with Crippen LogP contribution in [0.1, 0.15) is 17.5 Å².